The standard InChI is InChI=1S/C15H19N3O3/c1-9-7-12(10(2)20-9)15(19)18-5-3-11(4-6-18)13-8-14(16)21-17-13/h7-8,11H,3-6,16H2,1-2H3. The van der Waals surface area contributed by atoms with Gasteiger partial charge >= 0.3 is 0 Å². The summed E-state index contributed by atoms with van der Waals surface area (Å²) in [5.41, 5.74) is 7.10. The van der Waals surface area contributed by atoms with Gasteiger partial charge in [-0.2, -0.15) is 0 Å². The summed E-state index contributed by atoms with van der Waals surface area (Å²) in [6.45, 7) is 5.09. The number of nitrogens with two attached hydrogens (primary N) is 1. The summed E-state index contributed by atoms with van der Waals surface area (Å²) in [7, 11) is 0. The van der Waals surface area contributed by atoms with Gasteiger partial charge in [-0.3, -0.25) is 4.79 Å². The van der Waals surface area contributed by atoms with Crippen LogP contribution >= 0.6 is 0 Å². The number of hydrogen-bond donors (Lipinski definition) is 1. The molecular formula is C15H19N3O3. The van der Waals surface area contributed by atoms with Gasteiger partial charge in [0.25, 0.3) is 5.91 Å². The van der Waals surface area contributed by atoms with Gasteiger partial charge in [-0.15, -0.1) is 0 Å². The molecule has 0 bridgehead atoms. The first-order valence-electron chi connectivity index (χ1n) is 7.13. The molecule has 1 amide bonds. The van der Waals surface area contributed by atoms with Gasteiger partial charge in [0.1, 0.15) is 11.5 Å². The molecule has 3 rings (SSSR count). The smallest absolute Gasteiger partial charge is 0.257 e. The highest BCUT2D eigenvalue weighted by molar-refractivity contribution is 5.95. The van der Waals surface area contributed by atoms with Crippen LogP contribution in [0.5, 0.6) is 0 Å². The number of piperidine rings is 1. The average molecular weight is 289 g/mol. The lowest BCUT2D eigenvalue weighted by atomic mass is 9.93. The molecular weight excluding hydrogens is 270 g/mol. The van der Waals surface area contributed by atoms with E-state index in [-0.39, 0.29) is 5.91 Å². The first-order chi connectivity index (χ1) is 10.0. The van der Waals surface area contributed by atoms with Gasteiger partial charge in [-0.25, -0.2) is 0 Å². The van der Waals surface area contributed by atoms with Crippen LogP contribution in [0.2, 0.25) is 0 Å². The van der Waals surface area contributed by atoms with Crippen LogP contribution in [0.25, 0.3) is 0 Å². The number of aryl methyl sites for hydroxylation is 2. The van der Waals surface area contributed by atoms with Crippen molar-refractivity contribution in [3.63, 3.8) is 0 Å². The van der Waals surface area contributed by atoms with E-state index in [2.05, 4.69) is 5.16 Å². The zero-order valence-electron chi connectivity index (χ0n) is 12.3. The predicted molar refractivity (Wildman–Crippen MR) is 77.0 cm³/mol. The molecule has 1 fully saturated rings. The number of carbonyl (C=O) groups excluding carboxylic acids is 1. The van der Waals surface area contributed by atoms with Gasteiger partial charge in [0.05, 0.1) is 11.3 Å². The van der Waals surface area contributed by atoms with Crippen molar-refractivity contribution in [3.05, 3.63) is 34.9 Å². The summed E-state index contributed by atoms with van der Waals surface area (Å²) in [4.78, 5) is 14.4. The topological polar surface area (TPSA) is 85.5 Å². The molecule has 0 radical (unpaired) electrons. The van der Waals surface area contributed by atoms with Crippen LogP contribution in [0.1, 0.15) is 46.3 Å². The minimum Gasteiger partial charge on any atom is -0.466 e. The van der Waals surface area contributed by atoms with Crippen LogP contribution in [0, 0.1) is 13.8 Å². The van der Waals surface area contributed by atoms with E-state index in [1.54, 1.807) is 6.07 Å². The van der Waals surface area contributed by atoms with Gasteiger partial charge < -0.3 is 19.6 Å². The number of anilines is 1. The van der Waals surface area contributed by atoms with E-state index in [1.807, 2.05) is 24.8 Å². The molecule has 6 nitrogen and oxygen atoms in total. The zero-order chi connectivity index (χ0) is 15.0. The molecule has 0 saturated carbocycles. The molecule has 1 saturated heterocycles. The van der Waals surface area contributed by atoms with Crippen molar-refractivity contribution in [1.82, 2.24) is 10.1 Å². The molecule has 21 heavy (non-hydrogen) atoms. The van der Waals surface area contributed by atoms with Gasteiger partial charge in [0, 0.05) is 25.1 Å². The number of nitrogens with zero attached hydrogens (tertiary/aromatic N) is 2. The third-order valence-electron chi connectivity index (χ3n) is 4.02. The van der Waals surface area contributed by atoms with Gasteiger partial charge in [-0.05, 0) is 32.8 Å². The van der Waals surface area contributed by atoms with E-state index in [0.29, 0.717) is 36.2 Å². The highest BCUT2D eigenvalue weighted by atomic mass is 16.5. The minimum absolute atomic E-state index is 0.0440. The lowest BCUT2D eigenvalue weighted by Gasteiger charge is -2.30. The molecule has 6 heteroatoms. The third-order valence-corrected chi connectivity index (χ3v) is 4.02. The number of nitrogen functional groups attached to an aromatic ring is 1. The van der Waals surface area contributed by atoms with Crippen molar-refractivity contribution >= 4 is 11.8 Å². The maximum absolute atomic E-state index is 12.5. The molecule has 0 unspecified atom stereocenters. The van der Waals surface area contributed by atoms with Crippen molar-refractivity contribution in [2.24, 2.45) is 0 Å². The van der Waals surface area contributed by atoms with Crippen molar-refractivity contribution < 1.29 is 13.7 Å². The normalized spacial score (nSPS) is 16.4. The monoisotopic (exact) mass is 289 g/mol. The third kappa shape index (κ3) is 2.66. The Hall–Kier alpha value is -2.24. The lowest BCUT2D eigenvalue weighted by Crippen LogP contribution is -2.38. The quantitative estimate of drug-likeness (QED) is 0.918. The highest BCUT2D eigenvalue weighted by Gasteiger charge is 2.27. The summed E-state index contributed by atoms with van der Waals surface area (Å²) in [5.74, 6) is 2.14. The van der Waals surface area contributed by atoms with Crippen LogP contribution in [0.15, 0.2) is 21.1 Å². The molecule has 1 aliphatic rings. The van der Waals surface area contributed by atoms with Crippen LogP contribution in [0.4, 0.5) is 5.88 Å². The minimum atomic E-state index is 0.0440. The highest BCUT2D eigenvalue weighted by Crippen LogP contribution is 2.29. The fraction of sp³-hybridized carbons (Fsp3) is 0.467. The molecule has 2 aromatic heterocycles. The van der Waals surface area contributed by atoms with Crippen molar-refractivity contribution in [2.45, 2.75) is 32.6 Å². The number of carbonyl (C=O) groups is 1. The van der Waals surface area contributed by atoms with E-state index < -0.39 is 0 Å². The molecule has 0 spiro atoms. The first kappa shape index (κ1) is 13.7. The Morgan fingerprint density at radius 3 is 2.57 bits per heavy atom. The second kappa shape index (κ2) is 5.27. The van der Waals surface area contributed by atoms with Gasteiger partial charge in [0.2, 0.25) is 5.88 Å². The van der Waals surface area contributed by atoms with Gasteiger partial charge in [0.15, 0.2) is 0 Å². The van der Waals surface area contributed by atoms with Crippen molar-refractivity contribution in [1.29, 1.82) is 0 Å². The SMILES string of the molecule is Cc1cc(C(=O)N2CCC(c3cc(N)on3)CC2)c(C)o1. The maximum atomic E-state index is 12.5. The number of rotatable bonds is 2. The molecule has 1 aliphatic heterocycles. The Kier molecular flexibility index (Phi) is 3.45. The van der Waals surface area contributed by atoms with E-state index in [1.165, 1.54) is 0 Å². The lowest BCUT2D eigenvalue weighted by molar-refractivity contribution is 0.0709. The molecule has 112 valence electrons. The Balaban J connectivity index is 1.65. The molecule has 0 atom stereocenters. The number of likely N-dealkylation sites (tertiary alicyclic amines) is 1. The number of amides is 1. The van der Waals surface area contributed by atoms with Crippen molar-refractivity contribution in [2.75, 3.05) is 18.8 Å². The first-order valence-corrected chi connectivity index (χ1v) is 7.13. The largest absolute Gasteiger partial charge is 0.466 e. The Morgan fingerprint density at radius 1 is 1.33 bits per heavy atom. The second-order valence-corrected chi connectivity index (χ2v) is 5.55. The summed E-state index contributed by atoms with van der Waals surface area (Å²) in [5, 5.41) is 3.97. The van der Waals surface area contributed by atoms with E-state index in [9.17, 15) is 4.79 Å². The number of furan rings is 1. The van der Waals surface area contributed by atoms with Crippen LogP contribution < -0.4 is 5.73 Å². The second-order valence-electron chi connectivity index (χ2n) is 5.55. The van der Waals surface area contributed by atoms with E-state index >= 15 is 0 Å². The van der Waals surface area contributed by atoms with Gasteiger partial charge in [-0.1, -0.05) is 5.16 Å². The molecule has 2 aromatic rings. The summed E-state index contributed by atoms with van der Waals surface area (Å²) in [6.07, 6.45) is 1.74. The molecule has 3 heterocycles. The Labute approximate surface area is 122 Å². The average Bonchev–Trinajstić information content (AvgIpc) is 3.04. The summed E-state index contributed by atoms with van der Waals surface area (Å²) >= 11 is 0. The van der Waals surface area contributed by atoms with E-state index in [0.717, 1.165) is 24.3 Å². The van der Waals surface area contributed by atoms with Crippen LogP contribution in [-0.4, -0.2) is 29.1 Å². The zero-order valence-corrected chi connectivity index (χ0v) is 12.3. The molecule has 0 aliphatic carbocycles. The number of aromatic nitrogens is 1. The van der Waals surface area contributed by atoms with E-state index in [4.69, 9.17) is 14.7 Å². The Bertz CT molecular complexity index is 651. The van der Waals surface area contributed by atoms with Crippen molar-refractivity contribution in [3.8, 4) is 0 Å². The van der Waals surface area contributed by atoms with Crippen LogP contribution in [-0.2, 0) is 0 Å². The predicted octanol–water partition coefficient (Wildman–Crippen LogP) is 2.49. The number of hydrogen-bond acceptors (Lipinski definition) is 5. The fourth-order valence-corrected chi connectivity index (χ4v) is 2.89. The maximum Gasteiger partial charge on any atom is 0.257 e. The Morgan fingerprint density at radius 2 is 2.05 bits per heavy atom. The molecule has 0 aromatic carbocycles. The summed E-state index contributed by atoms with van der Waals surface area (Å²) < 4.78 is 10.4. The fourth-order valence-electron chi connectivity index (χ4n) is 2.89. The van der Waals surface area contributed by atoms with Crippen LogP contribution in [0.3, 0.4) is 0 Å². The summed E-state index contributed by atoms with van der Waals surface area (Å²) in [6, 6.07) is 3.58. The molecule has 2 N–H and O–H groups in total.